The van der Waals surface area contributed by atoms with E-state index in [-0.39, 0.29) is 5.91 Å². The maximum absolute atomic E-state index is 12.8. The second kappa shape index (κ2) is 10.5. The highest BCUT2D eigenvalue weighted by molar-refractivity contribution is 7.23. The maximum atomic E-state index is 12.8. The summed E-state index contributed by atoms with van der Waals surface area (Å²) in [6.45, 7) is 8.01. The second-order valence-electron chi connectivity index (χ2n) is 9.19. The highest BCUT2D eigenvalue weighted by Crippen LogP contribution is 2.45. The van der Waals surface area contributed by atoms with E-state index < -0.39 is 0 Å². The normalized spacial score (nSPS) is 16.3. The van der Waals surface area contributed by atoms with Gasteiger partial charge in [0.15, 0.2) is 0 Å². The summed E-state index contributed by atoms with van der Waals surface area (Å²) in [6, 6.07) is 11.3. The Morgan fingerprint density at radius 3 is 2.83 bits per heavy atom. The topological polar surface area (TPSA) is 78.9 Å². The number of nitrogens with zero attached hydrogens (tertiary/aromatic N) is 2. The van der Waals surface area contributed by atoms with Crippen LogP contribution in [0.2, 0.25) is 0 Å². The van der Waals surface area contributed by atoms with Crippen LogP contribution in [0.1, 0.15) is 44.1 Å². The van der Waals surface area contributed by atoms with Gasteiger partial charge in [-0.1, -0.05) is 13.0 Å². The molecular weight excluding hydrogens is 474 g/mol. The molecule has 1 aliphatic heterocycles. The van der Waals surface area contributed by atoms with Gasteiger partial charge in [-0.2, -0.15) is 0 Å². The molecule has 5 rings (SSSR count). The fraction of sp³-hybridized carbons (Fsp3) is 0.370. The lowest BCUT2D eigenvalue weighted by atomic mass is 9.99. The van der Waals surface area contributed by atoms with E-state index >= 15 is 0 Å². The minimum atomic E-state index is 0.0442. The van der Waals surface area contributed by atoms with Gasteiger partial charge in [0, 0.05) is 54.4 Å². The van der Waals surface area contributed by atoms with Crippen molar-refractivity contribution >= 4 is 43.8 Å². The summed E-state index contributed by atoms with van der Waals surface area (Å²) in [5, 5.41) is 12.1. The molecule has 1 aromatic carbocycles. The molecule has 0 fully saturated rings. The molecule has 0 spiro atoms. The number of pyridine rings is 1. The molecule has 4 aromatic rings. The molecule has 0 unspecified atom stereocenters. The van der Waals surface area contributed by atoms with Gasteiger partial charge in [-0.3, -0.25) is 9.78 Å². The van der Waals surface area contributed by atoms with Crippen LogP contribution in [0.15, 0.2) is 42.7 Å². The Labute approximate surface area is 214 Å². The summed E-state index contributed by atoms with van der Waals surface area (Å²) in [5.41, 5.74) is 5.67. The number of fused-ring (bicyclic) bond motifs is 2. The molecule has 1 aliphatic rings. The largest absolute Gasteiger partial charge is 0.317 e. The van der Waals surface area contributed by atoms with Crippen molar-refractivity contribution < 1.29 is 4.79 Å². The second-order valence-corrected chi connectivity index (χ2v) is 11.3. The van der Waals surface area contributed by atoms with Crippen molar-refractivity contribution in [1.29, 1.82) is 0 Å². The van der Waals surface area contributed by atoms with Crippen molar-refractivity contribution in [2.75, 3.05) is 11.9 Å². The maximum Gasteiger partial charge on any atom is 0.226 e. The summed E-state index contributed by atoms with van der Waals surface area (Å²) < 4.78 is 1.15. The van der Waals surface area contributed by atoms with Gasteiger partial charge in [0.2, 0.25) is 5.91 Å². The zero-order chi connectivity index (χ0) is 24.4. The third kappa shape index (κ3) is 5.30. The van der Waals surface area contributed by atoms with Crippen molar-refractivity contribution in [1.82, 2.24) is 20.6 Å². The molecule has 182 valence electrons. The third-order valence-electron chi connectivity index (χ3n) is 6.54. The molecule has 35 heavy (non-hydrogen) atoms. The first-order valence-electron chi connectivity index (χ1n) is 12.2. The molecular formula is C27H31N5OS2. The first kappa shape index (κ1) is 24.1. The minimum absolute atomic E-state index is 0.0442. The van der Waals surface area contributed by atoms with E-state index in [1.165, 1.54) is 10.4 Å². The van der Waals surface area contributed by atoms with E-state index in [0.717, 1.165) is 56.3 Å². The van der Waals surface area contributed by atoms with Gasteiger partial charge in [0.1, 0.15) is 10.0 Å². The Morgan fingerprint density at radius 2 is 2.03 bits per heavy atom. The Hall–Kier alpha value is -2.65. The molecule has 1 amide bonds. The quantitative estimate of drug-likeness (QED) is 0.280. The van der Waals surface area contributed by atoms with Crippen LogP contribution in [0.4, 0.5) is 5.00 Å². The van der Waals surface area contributed by atoms with Crippen LogP contribution in [-0.2, 0) is 17.8 Å². The zero-order valence-corrected chi connectivity index (χ0v) is 22.0. The number of thiazole rings is 1. The van der Waals surface area contributed by atoms with Crippen LogP contribution in [0.25, 0.3) is 31.9 Å². The monoisotopic (exact) mass is 505 g/mol. The van der Waals surface area contributed by atoms with E-state index in [0.29, 0.717) is 25.0 Å². The standard InChI is InChI=1S/C27H31N5OS2/c1-4-16(2)29-12-9-24(33)32-27-25(20-13-17(3)30-15-23(20)35-27)26-31-21-14-19(5-6-22(21)34-26)18-7-10-28-11-8-18/h5-8,10-11,14,16-17,29-30H,4,9,12-13,15H2,1-3H3,(H,32,33)/t16-,17+/m0/s1. The number of amides is 1. The third-order valence-corrected chi connectivity index (χ3v) is 8.74. The van der Waals surface area contributed by atoms with Crippen molar-refractivity contribution in [2.24, 2.45) is 0 Å². The van der Waals surface area contributed by atoms with Gasteiger partial charge in [-0.05, 0) is 67.6 Å². The van der Waals surface area contributed by atoms with Crippen LogP contribution < -0.4 is 16.0 Å². The lowest BCUT2D eigenvalue weighted by molar-refractivity contribution is -0.116. The SMILES string of the molecule is CC[C@H](C)NCCC(=O)Nc1sc2c(c1-c1nc3cc(-c4ccncc4)ccc3s1)C[C@@H](C)NC2. The Balaban J connectivity index is 1.47. The Morgan fingerprint density at radius 1 is 1.20 bits per heavy atom. The molecule has 8 heteroatoms. The van der Waals surface area contributed by atoms with E-state index in [9.17, 15) is 4.79 Å². The molecule has 2 atom stereocenters. The van der Waals surface area contributed by atoms with Gasteiger partial charge in [-0.25, -0.2) is 4.98 Å². The average molecular weight is 506 g/mol. The Bertz CT molecular complexity index is 1330. The number of thiophene rings is 1. The highest BCUT2D eigenvalue weighted by Gasteiger charge is 2.27. The molecule has 0 saturated carbocycles. The fourth-order valence-electron chi connectivity index (χ4n) is 4.35. The molecule has 0 radical (unpaired) electrons. The molecule has 3 N–H and O–H groups in total. The van der Waals surface area contributed by atoms with E-state index in [1.54, 1.807) is 22.7 Å². The van der Waals surface area contributed by atoms with Crippen LogP contribution >= 0.6 is 22.7 Å². The molecule has 0 bridgehead atoms. The number of hydrogen-bond donors (Lipinski definition) is 3. The highest BCUT2D eigenvalue weighted by atomic mass is 32.1. The van der Waals surface area contributed by atoms with Gasteiger partial charge in [0.05, 0.1) is 10.2 Å². The summed E-state index contributed by atoms with van der Waals surface area (Å²) in [4.78, 5) is 23.3. The number of benzene rings is 1. The number of nitrogens with one attached hydrogen (secondary N) is 3. The molecule has 4 heterocycles. The van der Waals surface area contributed by atoms with E-state index in [2.05, 4.69) is 59.9 Å². The molecule has 0 aliphatic carbocycles. The number of carbonyl (C=O) groups excluding carboxylic acids is 1. The first-order chi connectivity index (χ1) is 17.0. The number of anilines is 1. The van der Waals surface area contributed by atoms with Gasteiger partial charge in [0.25, 0.3) is 0 Å². The van der Waals surface area contributed by atoms with E-state index in [4.69, 9.17) is 4.98 Å². The van der Waals surface area contributed by atoms with E-state index in [1.807, 2.05) is 24.5 Å². The molecule has 0 saturated heterocycles. The first-order valence-corrected chi connectivity index (χ1v) is 13.9. The van der Waals surface area contributed by atoms with Crippen molar-refractivity contribution in [3.63, 3.8) is 0 Å². The smallest absolute Gasteiger partial charge is 0.226 e. The lowest BCUT2D eigenvalue weighted by Crippen LogP contribution is -2.32. The number of carbonyl (C=O) groups is 1. The van der Waals surface area contributed by atoms with Gasteiger partial charge in [-0.15, -0.1) is 22.7 Å². The van der Waals surface area contributed by atoms with Crippen LogP contribution in [0.5, 0.6) is 0 Å². The lowest BCUT2D eigenvalue weighted by Gasteiger charge is -2.20. The zero-order valence-electron chi connectivity index (χ0n) is 20.4. The predicted molar refractivity (Wildman–Crippen MR) is 147 cm³/mol. The van der Waals surface area contributed by atoms with Crippen molar-refractivity contribution in [3.05, 3.63) is 53.2 Å². The number of aromatic nitrogens is 2. The van der Waals surface area contributed by atoms with Gasteiger partial charge >= 0.3 is 0 Å². The summed E-state index contributed by atoms with van der Waals surface area (Å²) in [5.74, 6) is 0.0442. The summed E-state index contributed by atoms with van der Waals surface area (Å²) in [7, 11) is 0. The summed E-state index contributed by atoms with van der Waals surface area (Å²) >= 11 is 3.38. The molecule has 6 nitrogen and oxygen atoms in total. The minimum Gasteiger partial charge on any atom is -0.317 e. The van der Waals surface area contributed by atoms with Crippen LogP contribution in [0.3, 0.4) is 0 Å². The molecule has 3 aromatic heterocycles. The van der Waals surface area contributed by atoms with Crippen LogP contribution in [0, 0.1) is 0 Å². The van der Waals surface area contributed by atoms with Crippen molar-refractivity contribution in [2.45, 2.75) is 58.7 Å². The van der Waals surface area contributed by atoms with Crippen molar-refractivity contribution in [3.8, 4) is 21.7 Å². The van der Waals surface area contributed by atoms with Gasteiger partial charge < -0.3 is 16.0 Å². The summed E-state index contributed by atoms with van der Waals surface area (Å²) in [6.07, 6.45) is 6.06. The Kier molecular flexibility index (Phi) is 7.24. The fourth-order valence-corrected chi connectivity index (χ4v) is 6.64. The predicted octanol–water partition coefficient (Wildman–Crippen LogP) is 5.84. The number of hydrogen-bond acceptors (Lipinski definition) is 7. The van der Waals surface area contributed by atoms with Crippen LogP contribution in [-0.4, -0.2) is 34.5 Å². The number of rotatable bonds is 8. The average Bonchev–Trinajstić information content (AvgIpc) is 3.44.